The molecule has 0 bridgehead atoms. The maximum absolute atomic E-state index is 13.0. The van der Waals surface area contributed by atoms with Crippen LogP contribution in [-0.4, -0.2) is 9.78 Å². The van der Waals surface area contributed by atoms with E-state index in [1.807, 2.05) is 13.2 Å². The molecule has 0 atom stereocenters. The summed E-state index contributed by atoms with van der Waals surface area (Å²) in [7, 11) is 1.84. The second-order valence-electron chi connectivity index (χ2n) is 3.41. The van der Waals surface area contributed by atoms with Gasteiger partial charge in [0, 0.05) is 25.4 Å². The Hall–Kier alpha value is -1.68. The van der Waals surface area contributed by atoms with Crippen molar-refractivity contribution in [1.82, 2.24) is 9.78 Å². The summed E-state index contributed by atoms with van der Waals surface area (Å²) in [5.74, 6) is -0.261. The van der Waals surface area contributed by atoms with E-state index < -0.39 is 0 Å². The van der Waals surface area contributed by atoms with E-state index in [9.17, 15) is 4.39 Å². The van der Waals surface area contributed by atoms with Crippen LogP contribution in [0.5, 0.6) is 0 Å². The minimum atomic E-state index is -0.261. The van der Waals surface area contributed by atoms with Crippen LogP contribution in [0.15, 0.2) is 30.6 Å². The molecule has 4 heteroatoms. The molecule has 15 heavy (non-hydrogen) atoms. The smallest absolute Gasteiger partial charge is 0.123 e. The predicted molar refractivity (Wildman–Crippen MR) is 56.5 cm³/mol. The summed E-state index contributed by atoms with van der Waals surface area (Å²) in [6, 6.07) is 4.62. The molecule has 0 radical (unpaired) electrons. The minimum absolute atomic E-state index is 0.261. The van der Waals surface area contributed by atoms with Gasteiger partial charge in [-0.25, -0.2) is 4.39 Å². The van der Waals surface area contributed by atoms with Gasteiger partial charge in [0.05, 0.1) is 6.20 Å². The monoisotopic (exact) mass is 205 g/mol. The van der Waals surface area contributed by atoms with Crippen molar-refractivity contribution in [2.75, 3.05) is 0 Å². The summed E-state index contributed by atoms with van der Waals surface area (Å²) >= 11 is 0. The highest BCUT2D eigenvalue weighted by Crippen LogP contribution is 2.23. The molecule has 1 heterocycles. The Bertz CT molecular complexity index is 476. The summed E-state index contributed by atoms with van der Waals surface area (Å²) in [4.78, 5) is 0. The Labute approximate surface area is 87.3 Å². The molecular weight excluding hydrogens is 193 g/mol. The fourth-order valence-electron chi connectivity index (χ4n) is 1.57. The van der Waals surface area contributed by atoms with Crippen LogP contribution in [0.2, 0.25) is 0 Å². The van der Waals surface area contributed by atoms with E-state index >= 15 is 0 Å². The van der Waals surface area contributed by atoms with Crippen LogP contribution in [-0.2, 0) is 13.6 Å². The van der Waals surface area contributed by atoms with Crippen molar-refractivity contribution in [1.29, 1.82) is 0 Å². The fraction of sp³-hybridized carbons (Fsp3) is 0.182. The summed E-state index contributed by atoms with van der Waals surface area (Å²) in [6.45, 7) is 0.321. The number of aromatic nitrogens is 2. The van der Waals surface area contributed by atoms with Crippen LogP contribution in [0.3, 0.4) is 0 Å². The molecule has 2 aromatic rings. The lowest BCUT2D eigenvalue weighted by Gasteiger charge is -2.05. The van der Waals surface area contributed by atoms with Gasteiger partial charge in [-0.1, -0.05) is 6.07 Å². The average Bonchev–Trinajstić information content (AvgIpc) is 2.64. The van der Waals surface area contributed by atoms with Crippen LogP contribution >= 0.6 is 0 Å². The Morgan fingerprint density at radius 1 is 1.47 bits per heavy atom. The topological polar surface area (TPSA) is 43.8 Å². The molecule has 3 nitrogen and oxygen atoms in total. The number of hydrogen-bond donors (Lipinski definition) is 1. The Morgan fingerprint density at radius 2 is 2.27 bits per heavy atom. The summed E-state index contributed by atoms with van der Waals surface area (Å²) in [6.07, 6.45) is 3.62. The Morgan fingerprint density at radius 3 is 2.87 bits per heavy atom. The molecule has 1 aromatic heterocycles. The molecule has 1 aromatic carbocycles. The average molecular weight is 205 g/mol. The number of halogens is 1. The maximum atomic E-state index is 13.0. The predicted octanol–water partition coefficient (Wildman–Crippen LogP) is 1.68. The third-order valence-corrected chi connectivity index (χ3v) is 2.30. The van der Waals surface area contributed by atoms with E-state index in [4.69, 9.17) is 5.73 Å². The lowest BCUT2D eigenvalue weighted by atomic mass is 10.0. The Kier molecular flexibility index (Phi) is 2.51. The molecule has 2 rings (SSSR count). The number of nitrogens with zero attached hydrogens (tertiary/aromatic N) is 2. The zero-order valence-corrected chi connectivity index (χ0v) is 8.44. The van der Waals surface area contributed by atoms with Crippen molar-refractivity contribution in [2.45, 2.75) is 6.54 Å². The SMILES string of the molecule is Cn1cc(-c2ccc(F)cc2CN)cn1. The number of rotatable bonds is 2. The van der Waals surface area contributed by atoms with E-state index in [1.165, 1.54) is 12.1 Å². The maximum Gasteiger partial charge on any atom is 0.123 e. The molecule has 78 valence electrons. The molecule has 0 saturated carbocycles. The van der Waals surface area contributed by atoms with Crippen molar-refractivity contribution in [2.24, 2.45) is 12.8 Å². The minimum Gasteiger partial charge on any atom is -0.326 e. The van der Waals surface area contributed by atoms with Crippen LogP contribution in [0.4, 0.5) is 4.39 Å². The van der Waals surface area contributed by atoms with Crippen LogP contribution < -0.4 is 5.73 Å². The van der Waals surface area contributed by atoms with Gasteiger partial charge < -0.3 is 5.73 Å². The van der Waals surface area contributed by atoms with Crippen molar-refractivity contribution in [3.05, 3.63) is 42.0 Å². The van der Waals surface area contributed by atoms with Gasteiger partial charge in [-0.15, -0.1) is 0 Å². The molecule has 0 spiro atoms. The van der Waals surface area contributed by atoms with Gasteiger partial charge >= 0.3 is 0 Å². The lowest BCUT2D eigenvalue weighted by Crippen LogP contribution is -1.99. The summed E-state index contributed by atoms with van der Waals surface area (Å²) in [5, 5.41) is 4.07. The van der Waals surface area contributed by atoms with Crippen LogP contribution in [0, 0.1) is 5.82 Å². The van der Waals surface area contributed by atoms with Gasteiger partial charge in [0.2, 0.25) is 0 Å². The van der Waals surface area contributed by atoms with E-state index in [2.05, 4.69) is 5.10 Å². The first kappa shape index (κ1) is 9.86. The molecular formula is C11H12FN3. The molecule has 0 aliphatic heterocycles. The standard InChI is InChI=1S/C11H12FN3/c1-15-7-9(6-14-15)11-3-2-10(12)4-8(11)5-13/h2-4,6-7H,5,13H2,1H3. The van der Waals surface area contributed by atoms with Gasteiger partial charge in [0.1, 0.15) is 5.82 Å². The van der Waals surface area contributed by atoms with E-state index in [1.54, 1.807) is 16.9 Å². The molecule has 0 fully saturated rings. The van der Waals surface area contributed by atoms with Crippen molar-refractivity contribution in [3.63, 3.8) is 0 Å². The Balaban J connectivity index is 2.52. The second kappa shape index (κ2) is 3.82. The van der Waals surface area contributed by atoms with Gasteiger partial charge in [-0.05, 0) is 23.3 Å². The number of aryl methyl sites for hydroxylation is 1. The summed E-state index contributed by atoms with van der Waals surface area (Å²) < 4.78 is 14.7. The first-order valence-electron chi connectivity index (χ1n) is 4.68. The normalized spacial score (nSPS) is 10.6. The molecule has 0 unspecified atom stereocenters. The molecule has 0 saturated heterocycles. The highest BCUT2D eigenvalue weighted by atomic mass is 19.1. The highest BCUT2D eigenvalue weighted by molar-refractivity contribution is 5.65. The first-order chi connectivity index (χ1) is 7.20. The third-order valence-electron chi connectivity index (χ3n) is 2.30. The first-order valence-corrected chi connectivity index (χ1v) is 4.68. The van der Waals surface area contributed by atoms with Gasteiger partial charge in [-0.3, -0.25) is 4.68 Å². The lowest BCUT2D eigenvalue weighted by molar-refractivity contribution is 0.625. The van der Waals surface area contributed by atoms with Crippen molar-refractivity contribution < 1.29 is 4.39 Å². The highest BCUT2D eigenvalue weighted by Gasteiger charge is 2.06. The number of hydrogen-bond acceptors (Lipinski definition) is 2. The molecule has 0 amide bonds. The second-order valence-corrected chi connectivity index (χ2v) is 3.41. The van der Waals surface area contributed by atoms with Crippen LogP contribution in [0.1, 0.15) is 5.56 Å². The largest absolute Gasteiger partial charge is 0.326 e. The van der Waals surface area contributed by atoms with Crippen molar-refractivity contribution in [3.8, 4) is 11.1 Å². The molecule has 2 N–H and O–H groups in total. The fourth-order valence-corrected chi connectivity index (χ4v) is 1.57. The third kappa shape index (κ3) is 1.89. The molecule has 0 aliphatic rings. The van der Waals surface area contributed by atoms with Crippen molar-refractivity contribution >= 4 is 0 Å². The van der Waals surface area contributed by atoms with Gasteiger partial charge in [0.25, 0.3) is 0 Å². The van der Waals surface area contributed by atoms with E-state index in [0.717, 1.165) is 16.7 Å². The van der Waals surface area contributed by atoms with Gasteiger partial charge in [0.15, 0.2) is 0 Å². The number of benzene rings is 1. The van der Waals surface area contributed by atoms with E-state index in [-0.39, 0.29) is 5.82 Å². The van der Waals surface area contributed by atoms with Crippen LogP contribution in [0.25, 0.3) is 11.1 Å². The van der Waals surface area contributed by atoms with E-state index in [0.29, 0.717) is 6.54 Å². The zero-order chi connectivity index (χ0) is 10.8. The number of nitrogens with two attached hydrogens (primary N) is 1. The quantitative estimate of drug-likeness (QED) is 0.810. The molecule has 0 aliphatic carbocycles. The van der Waals surface area contributed by atoms with Gasteiger partial charge in [-0.2, -0.15) is 5.10 Å². The summed E-state index contributed by atoms with van der Waals surface area (Å²) in [5.41, 5.74) is 8.26. The zero-order valence-electron chi connectivity index (χ0n) is 8.44.